The summed E-state index contributed by atoms with van der Waals surface area (Å²) >= 11 is 0. The maximum Gasteiger partial charge on any atom is 0.321 e. The molecule has 108 valence electrons. The van der Waals surface area contributed by atoms with Crippen molar-refractivity contribution in [3.05, 3.63) is 37.2 Å². The number of likely N-dealkylation sites (tertiary alicyclic amines) is 1. The van der Waals surface area contributed by atoms with Gasteiger partial charge in [0.2, 0.25) is 0 Å². The molecule has 1 fully saturated rings. The summed E-state index contributed by atoms with van der Waals surface area (Å²) in [5, 5.41) is 2.88. The Hall–Kier alpha value is -1.88. The van der Waals surface area contributed by atoms with Crippen molar-refractivity contribution in [2.45, 2.75) is 25.3 Å². The molecule has 1 aliphatic heterocycles. The van der Waals surface area contributed by atoms with Crippen LogP contribution in [0.4, 0.5) is 10.5 Å². The first-order valence-corrected chi connectivity index (χ1v) is 7.03. The molecule has 0 saturated carbocycles. The lowest BCUT2D eigenvalue weighted by Crippen LogP contribution is -2.44. The van der Waals surface area contributed by atoms with Crippen LogP contribution in [0.25, 0.3) is 0 Å². The second kappa shape index (κ2) is 7.05. The van der Waals surface area contributed by atoms with Crippen molar-refractivity contribution in [1.29, 1.82) is 0 Å². The van der Waals surface area contributed by atoms with E-state index in [2.05, 4.69) is 16.9 Å². The SMILES string of the molecule is C=CCC(N)C1CCN(C(=O)Nc2ccncc2)CC1. The molecule has 1 aliphatic rings. The first-order valence-electron chi connectivity index (χ1n) is 7.03. The van der Waals surface area contributed by atoms with Crippen LogP contribution in [0, 0.1) is 5.92 Å². The number of nitrogens with one attached hydrogen (secondary N) is 1. The van der Waals surface area contributed by atoms with Crippen LogP contribution in [0.2, 0.25) is 0 Å². The molecule has 1 saturated heterocycles. The quantitative estimate of drug-likeness (QED) is 0.827. The lowest BCUT2D eigenvalue weighted by molar-refractivity contribution is 0.174. The molecule has 0 bridgehead atoms. The molecular weight excluding hydrogens is 252 g/mol. The molecule has 2 amide bonds. The molecule has 1 atom stereocenters. The van der Waals surface area contributed by atoms with E-state index < -0.39 is 0 Å². The average Bonchev–Trinajstić information content (AvgIpc) is 2.48. The van der Waals surface area contributed by atoms with Gasteiger partial charge in [0.05, 0.1) is 0 Å². The van der Waals surface area contributed by atoms with E-state index in [0.717, 1.165) is 38.0 Å². The van der Waals surface area contributed by atoms with Crippen molar-refractivity contribution in [3.63, 3.8) is 0 Å². The van der Waals surface area contributed by atoms with E-state index in [-0.39, 0.29) is 12.1 Å². The predicted octanol–water partition coefficient (Wildman–Crippen LogP) is 2.23. The second-order valence-electron chi connectivity index (χ2n) is 5.18. The number of pyridine rings is 1. The summed E-state index contributed by atoms with van der Waals surface area (Å²) in [6.07, 6.45) is 7.95. The third kappa shape index (κ3) is 3.81. The summed E-state index contributed by atoms with van der Waals surface area (Å²) in [7, 11) is 0. The van der Waals surface area contributed by atoms with Crippen molar-refractivity contribution < 1.29 is 4.79 Å². The molecule has 1 aromatic heterocycles. The highest BCUT2D eigenvalue weighted by Gasteiger charge is 2.26. The van der Waals surface area contributed by atoms with Gasteiger partial charge in [-0.3, -0.25) is 4.98 Å². The second-order valence-corrected chi connectivity index (χ2v) is 5.18. The monoisotopic (exact) mass is 274 g/mol. The predicted molar refractivity (Wildman–Crippen MR) is 80.3 cm³/mol. The fraction of sp³-hybridized carbons (Fsp3) is 0.467. The molecule has 0 spiro atoms. The van der Waals surface area contributed by atoms with Crippen LogP contribution >= 0.6 is 0 Å². The number of carbonyl (C=O) groups excluding carboxylic acids is 1. The van der Waals surface area contributed by atoms with Crippen molar-refractivity contribution >= 4 is 11.7 Å². The lowest BCUT2D eigenvalue weighted by Gasteiger charge is -2.34. The number of rotatable bonds is 4. The number of hydrogen-bond donors (Lipinski definition) is 2. The van der Waals surface area contributed by atoms with Gasteiger partial charge in [-0.25, -0.2) is 4.79 Å². The molecule has 1 aromatic rings. The Labute approximate surface area is 119 Å². The molecule has 0 aromatic carbocycles. The van der Waals surface area contributed by atoms with E-state index in [0.29, 0.717) is 5.92 Å². The molecule has 2 heterocycles. The summed E-state index contributed by atoms with van der Waals surface area (Å²) < 4.78 is 0. The number of aromatic nitrogens is 1. The number of amides is 2. The van der Waals surface area contributed by atoms with Gasteiger partial charge in [-0.15, -0.1) is 6.58 Å². The van der Waals surface area contributed by atoms with Gasteiger partial charge in [0, 0.05) is 37.2 Å². The largest absolute Gasteiger partial charge is 0.327 e. The van der Waals surface area contributed by atoms with Gasteiger partial charge in [-0.05, 0) is 37.3 Å². The molecule has 0 radical (unpaired) electrons. The van der Waals surface area contributed by atoms with Gasteiger partial charge in [0.25, 0.3) is 0 Å². The molecule has 0 aliphatic carbocycles. The van der Waals surface area contributed by atoms with E-state index in [4.69, 9.17) is 5.73 Å². The molecule has 1 unspecified atom stereocenters. The average molecular weight is 274 g/mol. The van der Waals surface area contributed by atoms with E-state index in [1.165, 1.54) is 0 Å². The van der Waals surface area contributed by atoms with Crippen LogP contribution in [0.5, 0.6) is 0 Å². The first kappa shape index (κ1) is 14.5. The highest BCUT2D eigenvalue weighted by Crippen LogP contribution is 2.22. The lowest BCUT2D eigenvalue weighted by atomic mass is 9.88. The Morgan fingerprint density at radius 3 is 2.75 bits per heavy atom. The standard InChI is InChI=1S/C15H22N4O/c1-2-3-14(16)12-6-10-19(11-7-12)15(20)18-13-4-8-17-9-5-13/h2,4-5,8-9,12,14H,1,3,6-7,10-11,16H2,(H,17,18,20). The maximum atomic E-state index is 12.1. The minimum atomic E-state index is -0.0491. The smallest absolute Gasteiger partial charge is 0.321 e. The van der Waals surface area contributed by atoms with Gasteiger partial charge in [-0.2, -0.15) is 0 Å². The normalized spacial score (nSPS) is 17.6. The fourth-order valence-corrected chi connectivity index (χ4v) is 2.55. The van der Waals surface area contributed by atoms with E-state index >= 15 is 0 Å². The van der Waals surface area contributed by atoms with Crippen molar-refractivity contribution in [3.8, 4) is 0 Å². The molecule has 5 nitrogen and oxygen atoms in total. The highest BCUT2D eigenvalue weighted by molar-refractivity contribution is 5.89. The minimum Gasteiger partial charge on any atom is -0.327 e. The van der Waals surface area contributed by atoms with Crippen LogP contribution in [0.3, 0.4) is 0 Å². The number of anilines is 1. The number of nitrogens with two attached hydrogens (primary N) is 1. The van der Waals surface area contributed by atoms with Crippen LogP contribution in [-0.2, 0) is 0 Å². The molecular formula is C15H22N4O. The fourth-order valence-electron chi connectivity index (χ4n) is 2.55. The van der Waals surface area contributed by atoms with Gasteiger partial charge >= 0.3 is 6.03 Å². The molecule has 5 heteroatoms. The first-order chi connectivity index (χ1) is 9.70. The minimum absolute atomic E-state index is 0.0491. The van der Waals surface area contributed by atoms with Crippen molar-refractivity contribution in [2.24, 2.45) is 11.7 Å². The zero-order chi connectivity index (χ0) is 14.4. The van der Waals surface area contributed by atoms with E-state index in [9.17, 15) is 4.79 Å². The Bertz CT molecular complexity index is 440. The maximum absolute atomic E-state index is 12.1. The number of nitrogens with zero attached hydrogens (tertiary/aromatic N) is 2. The van der Waals surface area contributed by atoms with Gasteiger partial charge in [0.1, 0.15) is 0 Å². The number of hydrogen-bond acceptors (Lipinski definition) is 3. The summed E-state index contributed by atoms with van der Waals surface area (Å²) in [4.78, 5) is 17.9. The van der Waals surface area contributed by atoms with E-state index in [1.807, 2.05) is 11.0 Å². The zero-order valence-electron chi connectivity index (χ0n) is 11.7. The highest BCUT2D eigenvalue weighted by atomic mass is 16.2. The Morgan fingerprint density at radius 2 is 2.15 bits per heavy atom. The Kier molecular flexibility index (Phi) is 5.12. The summed E-state index contributed by atoms with van der Waals surface area (Å²) in [6.45, 7) is 5.24. The summed E-state index contributed by atoms with van der Waals surface area (Å²) in [5.74, 6) is 0.484. The topological polar surface area (TPSA) is 71.2 Å². The molecule has 20 heavy (non-hydrogen) atoms. The third-order valence-electron chi connectivity index (χ3n) is 3.80. The van der Waals surface area contributed by atoms with Crippen molar-refractivity contribution in [1.82, 2.24) is 9.88 Å². The summed E-state index contributed by atoms with van der Waals surface area (Å²) in [5.41, 5.74) is 6.88. The summed E-state index contributed by atoms with van der Waals surface area (Å²) in [6, 6.07) is 3.68. The number of urea groups is 1. The Balaban J connectivity index is 1.81. The van der Waals surface area contributed by atoms with Crippen LogP contribution in [0.1, 0.15) is 19.3 Å². The van der Waals surface area contributed by atoms with Gasteiger partial charge in [0.15, 0.2) is 0 Å². The third-order valence-corrected chi connectivity index (χ3v) is 3.80. The number of piperidine rings is 1. The van der Waals surface area contributed by atoms with Crippen molar-refractivity contribution in [2.75, 3.05) is 18.4 Å². The van der Waals surface area contributed by atoms with Crippen LogP contribution < -0.4 is 11.1 Å². The Morgan fingerprint density at radius 1 is 1.50 bits per heavy atom. The molecule has 2 rings (SSSR count). The van der Waals surface area contributed by atoms with Gasteiger partial charge in [-0.1, -0.05) is 6.08 Å². The molecule has 3 N–H and O–H groups in total. The van der Waals surface area contributed by atoms with E-state index in [1.54, 1.807) is 24.5 Å². The van der Waals surface area contributed by atoms with Crippen LogP contribution in [-0.4, -0.2) is 35.0 Å². The van der Waals surface area contributed by atoms with Crippen LogP contribution in [0.15, 0.2) is 37.2 Å². The zero-order valence-corrected chi connectivity index (χ0v) is 11.7. The number of carbonyl (C=O) groups is 1. The van der Waals surface area contributed by atoms with Gasteiger partial charge < -0.3 is 16.0 Å².